The maximum atomic E-state index is 12.8. The van der Waals surface area contributed by atoms with Crippen LogP contribution in [0.3, 0.4) is 0 Å². The molecule has 32 heavy (non-hydrogen) atoms. The van der Waals surface area contributed by atoms with Crippen LogP contribution in [0, 0.1) is 0 Å². The minimum absolute atomic E-state index is 0.00979. The van der Waals surface area contributed by atoms with E-state index in [1.165, 1.54) is 0 Å². The summed E-state index contributed by atoms with van der Waals surface area (Å²) in [6.45, 7) is -0.830. The number of carbonyl (C=O) groups excluding carboxylic acids is 4. The third-order valence-corrected chi connectivity index (χ3v) is 4.65. The highest BCUT2D eigenvalue weighted by atomic mass is 32.1. The number of rotatable bonds is 13. The Labute approximate surface area is 189 Å². The van der Waals surface area contributed by atoms with Gasteiger partial charge in [-0.05, 0) is 5.56 Å². The van der Waals surface area contributed by atoms with Crippen molar-refractivity contribution in [3.63, 3.8) is 0 Å². The molecule has 0 radical (unpaired) electrons. The zero-order valence-corrected chi connectivity index (χ0v) is 18.0. The van der Waals surface area contributed by atoms with Crippen LogP contribution in [-0.2, 0) is 30.4 Å². The predicted molar refractivity (Wildman–Crippen MR) is 116 cm³/mol. The van der Waals surface area contributed by atoms with Gasteiger partial charge in [-0.25, -0.2) is 4.79 Å². The highest BCUT2D eigenvalue weighted by molar-refractivity contribution is 7.80. The summed E-state index contributed by atoms with van der Waals surface area (Å²) in [6.07, 6.45) is -0.427. The minimum atomic E-state index is -1.49. The average Bonchev–Trinajstić information content (AvgIpc) is 2.74. The second-order valence-electron chi connectivity index (χ2n) is 6.85. The van der Waals surface area contributed by atoms with Crippen molar-refractivity contribution in [2.45, 2.75) is 37.0 Å². The molecule has 12 nitrogen and oxygen atoms in total. The Morgan fingerprint density at radius 2 is 1.44 bits per heavy atom. The minimum Gasteiger partial charge on any atom is -0.480 e. The number of carboxylic acid groups (broad SMARTS) is 1. The molecule has 1 aromatic carbocycles. The Morgan fingerprint density at radius 1 is 0.906 bits per heavy atom. The third kappa shape index (κ3) is 8.91. The second-order valence-corrected chi connectivity index (χ2v) is 7.22. The van der Waals surface area contributed by atoms with E-state index in [-0.39, 0.29) is 12.2 Å². The van der Waals surface area contributed by atoms with Crippen molar-refractivity contribution in [3.8, 4) is 0 Å². The molecular weight excluding hydrogens is 442 g/mol. The lowest BCUT2D eigenvalue weighted by Crippen LogP contribution is -2.58. The van der Waals surface area contributed by atoms with Gasteiger partial charge >= 0.3 is 5.97 Å². The molecule has 1 rings (SSSR count). The average molecular weight is 470 g/mol. The topological polar surface area (TPSA) is 214 Å². The van der Waals surface area contributed by atoms with Gasteiger partial charge in [-0.1, -0.05) is 30.3 Å². The number of hydrogen-bond donors (Lipinski definition) is 8. The lowest BCUT2D eigenvalue weighted by atomic mass is 10.0. The van der Waals surface area contributed by atoms with Crippen molar-refractivity contribution in [2.24, 2.45) is 11.5 Å². The van der Waals surface area contributed by atoms with E-state index in [9.17, 15) is 29.1 Å². The molecule has 4 amide bonds. The first-order valence-electron chi connectivity index (χ1n) is 9.52. The maximum Gasteiger partial charge on any atom is 0.327 e. The van der Waals surface area contributed by atoms with Crippen molar-refractivity contribution in [2.75, 3.05) is 12.4 Å². The number of thiol groups is 1. The molecule has 4 unspecified atom stereocenters. The van der Waals surface area contributed by atoms with Crippen LogP contribution in [0.15, 0.2) is 30.3 Å². The number of nitrogens with one attached hydrogen (secondary N) is 3. The van der Waals surface area contributed by atoms with Gasteiger partial charge in [0, 0.05) is 12.2 Å². The van der Waals surface area contributed by atoms with E-state index in [2.05, 4.69) is 28.6 Å². The van der Waals surface area contributed by atoms with Gasteiger partial charge in [0.15, 0.2) is 0 Å². The number of aliphatic hydroxyl groups excluding tert-OH is 1. The van der Waals surface area contributed by atoms with Gasteiger partial charge in [-0.3, -0.25) is 19.2 Å². The SMILES string of the molecule is NC(=O)CC(N)C(=O)NC(Cc1ccccc1)C(=O)NC(CO)C(=O)NC(CS)C(=O)O. The van der Waals surface area contributed by atoms with Crippen LogP contribution in [0.25, 0.3) is 0 Å². The maximum absolute atomic E-state index is 12.8. The monoisotopic (exact) mass is 469 g/mol. The van der Waals surface area contributed by atoms with Crippen LogP contribution in [0.2, 0.25) is 0 Å². The fourth-order valence-corrected chi connectivity index (χ4v) is 2.82. The normalized spacial score (nSPS) is 14.3. The third-order valence-electron chi connectivity index (χ3n) is 4.29. The van der Waals surface area contributed by atoms with E-state index in [1.807, 2.05) is 0 Å². The summed E-state index contributed by atoms with van der Waals surface area (Å²) in [4.78, 5) is 59.5. The molecule has 0 saturated heterocycles. The molecule has 13 heteroatoms. The number of benzene rings is 1. The molecular formula is C19H27N5O7S. The van der Waals surface area contributed by atoms with Crippen LogP contribution in [0.1, 0.15) is 12.0 Å². The van der Waals surface area contributed by atoms with Crippen LogP contribution >= 0.6 is 12.6 Å². The lowest BCUT2D eigenvalue weighted by molar-refractivity contribution is -0.141. The molecule has 9 N–H and O–H groups in total. The number of aliphatic carboxylic acids is 1. The first-order chi connectivity index (χ1) is 15.1. The van der Waals surface area contributed by atoms with E-state index in [1.54, 1.807) is 30.3 Å². The van der Waals surface area contributed by atoms with Gasteiger partial charge in [0.05, 0.1) is 19.1 Å². The quantitative estimate of drug-likeness (QED) is 0.138. The highest BCUT2D eigenvalue weighted by Crippen LogP contribution is 2.05. The zero-order chi connectivity index (χ0) is 24.3. The van der Waals surface area contributed by atoms with Crippen molar-refractivity contribution >= 4 is 42.2 Å². The first kappa shape index (κ1) is 26.9. The van der Waals surface area contributed by atoms with E-state index < -0.39 is 66.8 Å². The largest absolute Gasteiger partial charge is 0.480 e. The van der Waals surface area contributed by atoms with E-state index in [0.717, 1.165) is 0 Å². The Kier molecular flexibility index (Phi) is 11.2. The Bertz CT molecular complexity index is 824. The molecule has 0 spiro atoms. The van der Waals surface area contributed by atoms with E-state index >= 15 is 0 Å². The zero-order valence-electron chi connectivity index (χ0n) is 17.1. The number of nitrogens with two attached hydrogens (primary N) is 2. The summed E-state index contributed by atoms with van der Waals surface area (Å²) < 4.78 is 0. The summed E-state index contributed by atoms with van der Waals surface area (Å²) in [5.74, 6) is -4.94. The van der Waals surface area contributed by atoms with Crippen molar-refractivity contribution in [1.82, 2.24) is 16.0 Å². The van der Waals surface area contributed by atoms with E-state index in [0.29, 0.717) is 5.56 Å². The van der Waals surface area contributed by atoms with Crippen molar-refractivity contribution < 1.29 is 34.2 Å². The molecule has 0 bridgehead atoms. The number of primary amides is 1. The Hall–Kier alpha value is -3.16. The summed E-state index contributed by atoms with van der Waals surface area (Å²) in [5, 5.41) is 25.4. The standard InChI is InChI=1S/C19H27N5O7S/c20-11(7-15(21)26)16(27)22-12(6-10-4-2-1-3-5-10)17(28)23-13(8-25)18(29)24-14(9-32)19(30)31/h1-5,11-14,25,32H,6-9,20H2,(H2,21,26)(H,22,27)(H,23,28)(H,24,29)(H,30,31). The van der Waals surface area contributed by atoms with Crippen LogP contribution < -0.4 is 27.4 Å². The second kappa shape index (κ2) is 13.3. The molecule has 0 aliphatic rings. The van der Waals surface area contributed by atoms with Gasteiger partial charge in [0.1, 0.15) is 18.1 Å². The van der Waals surface area contributed by atoms with Crippen molar-refractivity contribution in [1.29, 1.82) is 0 Å². The van der Waals surface area contributed by atoms with Crippen molar-refractivity contribution in [3.05, 3.63) is 35.9 Å². The van der Waals surface area contributed by atoms with Crippen LogP contribution in [-0.4, -0.2) is 76.3 Å². The number of carboxylic acids is 1. The number of carbonyl (C=O) groups is 5. The fraction of sp³-hybridized carbons (Fsp3) is 0.421. The molecule has 1 aromatic rings. The van der Waals surface area contributed by atoms with E-state index in [4.69, 9.17) is 16.6 Å². The van der Waals surface area contributed by atoms with Gasteiger partial charge in [0.25, 0.3) is 0 Å². The molecule has 0 saturated carbocycles. The summed E-state index contributed by atoms with van der Waals surface area (Å²) >= 11 is 3.83. The number of aliphatic hydroxyl groups is 1. The molecule has 4 atom stereocenters. The van der Waals surface area contributed by atoms with Gasteiger partial charge in [-0.2, -0.15) is 12.6 Å². The molecule has 0 aliphatic heterocycles. The highest BCUT2D eigenvalue weighted by Gasteiger charge is 2.30. The number of hydrogen-bond acceptors (Lipinski definition) is 8. The summed E-state index contributed by atoms with van der Waals surface area (Å²) in [6, 6.07) is 3.28. The number of amides is 4. The van der Waals surface area contributed by atoms with Gasteiger partial charge in [-0.15, -0.1) is 0 Å². The Morgan fingerprint density at radius 3 is 1.94 bits per heavy atom. The summed E-state index contributed by atoms with van der Waals surface area (Å²) in [7, 11) is 0. The first-order valence-corrected chi connectivity index (χ1v) is 10.2. The summed E-state index contributed by atoms with van der Waals surface area (Å²) in [5.41, 5.74) is 11.3. The molecule has 176 valence electrons. The van der Waals surface area contributed by atoms with Crippen LogP contribution in [0.5, 0.6) is 0 Å². The lowest BCUT2D eigenvalue weighted by Gasteiger charge is -2.24. The smallest absolute Gasteiger partial charge is 0.327 e. The molecule has 0 aromatic heterocycles. The molecule has 0 heterocycles. The predicted octanol–water partition coefficient (Wildman–Crippen LogP) is -3.11. The van der Waals surface area contributed by atoms with Gasteiger partial charge < -0.3 is 37.6 Å². The molecule has 0 fully saturated rings. The van der Waals surface area contributed by atoms with Crippen LogP contribution in [0.4, 0.5) is 0 Å². The van der Waals surface area contributed by atoms with Gasteiger partial charge in [0.2, 0.25) is 23.6 Å². The molecule has 0 aliphatic carbocycles. The fourth-order valence-electron chi connectivity index (χ4n) is 2.57. The Balaban J connectivity index is 2.97.